The Labute approximate surface area is 224 Å². The Hall–Kier alpha value is -4.53. The molecule has 8 nitrogen and oxygen atoms in total. The predicted octanol–water partition coefficient (Wildman–Crippen LogP) is 5.13. The van der Waals surface area contributed by atoms with Crippen molar-refractivity contribution in [2.24, 2.45) is 24.3 Å². The lowest BCUT2D eigenvalue weighted by molar-refractivity contribution is -0.133. The second-order valence-electron chi connectivity index (χ2n) is 11.1. The molecule has 1 aliphatic heterocycles. The zero-order chi connectivity index (χ0) is 27.2. The van der Waals surface area contributed by atoms with E-state index < -0.39 is 5.97 Å². The summed E-state index contributed by atoms with van der Waals surface area (Å²) >= 11 is 0. The van der Waals surface area contributed by atoms with Crippen LogP contribution in [0.4, 0.5) is 10.2 Å². The number of aryl methyl sites for hydroxylation is 2. The Morgan fingerprint density at radius 1 is 1.18 bits per heavy atom. The molecule has 5 aromatic rings. The van der Waals surface area contributed by atoms with Gasteiger partial charge in [-0.25, -0.2) is 18.9 Å². The summed E-state index contributed by atoms with van der Waals surface area (Å²) in [6.45, 7) is 9.31. The van der Waals surface area contributed by atoms with E-state index in [0.717, 1.165) is 57.5 Å². The molecule has 3 atom stereocenters. The van der Waals surface area contributed by atoms with Crippen LogP contribution in [0.2, 0.25) is 0 Å². The first kappa shape index (κ1) is 23.6. The van der Waals surface area contributed by atoms with Crippen LogP contribution in [0, 0.1) is 30.0 Å². The molecule has 2 aliphatic rings. The van der Waals surface area contributed by atoms with Gasteiger partial charge in [0.25, 0.3) is 0 Å². The van der Waals surface area contributed by atoms with E-state index in [4.69, 9.17) is 10.1 Å². The molecule has 0 amide bonds. The number of hydrogen-bond donors (Lipinski definition) is 1. The largest absolute Gasteiger partial charge is 0.478 e. The number of fused-ring (bicyclic) bond motifs is 3. The van der Waals surface area contributed by atoms with E-state index in [-0.39, 0.29) is 23.1 Å². The van der Waals surface area contributed by atoms with Crippen LogP contribution in [-0.4, -0.2) is 48.7 Å². The van der Waals surface area contributed by atoms with E-state index >= 15 is 0 Å². The minimum Gasteiger partial charge on any atom is -0.478 e. The fourth-order valence-electron chi connectivity index (χ4n) is 6.70. The Bertz CT molecular complexity index is 1840. The second-order valence-corrected chi connectivity index (χ2v) is 11.1. The normalized spacial score (nSPS) is 22.0. The quantitative estimate of drug-likeness (QED) is 0.322. The summed E-state index contributed by atoms with van der Waals surface area (Å²) in [6, 6.07) is 12.9. The number of nitrogens with zero attached hydrogens (tertiary/aromatic N) is 6. The standard InChI is InChI=1S/C30H27FN6O2/c1-16-10-18(31)11-21-27(20-6-5-7-24-22(20)13-35(4)33-24)34-37(28(16)21)19-8-9-25(32-12-19)36-14-23-26(17(2)29(38)39)30(23,3)15-36/h5-13,23,26H,2,14-15H2,1,3-4H3,(H,38,39)/t23-,26-,30?/m0/s1. The topological polar surface area (TPSA) is 89.1 Å². The number of piperidine rings is 1. The number of pyridine rings is 1. The molecule has 4 heterocycles. The van der Waals surface area contributed by atoms with Gasteiger partial charge in [-0.15, -0.1) is 0 Å². The zero-order valence-corrected chi connectivity index (χ0v) is 21.9. The highest BCUT2D eigenvalue weighted by Gasteiger charge is 2.67. The molecule has 2 aromatic carbocycles. The van der Waals surface area contributed by atoms with Gasteiger partial charge in [-0.3, -0.25) is 4.68 Å². The summed E-state index contributed by atoms with van der Waals surface area (Å²) in [5, 5.41) is 20.6. The van der Waals surface area contributed by atoms with Gasteiger partial charge in [0.1, 0.15) is 17.3 Å². The molecule has 39 heavy (non-hydrogen) atoms. The summed E-state index contributed by atoms with van der Waals surface area (Å²) in [6.07, 6.45) is 3.74. The highest BCUT2D eigenvalue weighted by atomic mass is 19.1. The second kappa shape index (κ2) is 7.99. The number of rotatable bonds is 5. The van der Waals surface area contributed by atoms with E-state index in [1.54, 1.807) is 10.9 Å². The molecule has 1 saturated carbocycles. The number of benzene rings is 2. The van der Waals surface area contributed by atoms with Crippen molar-refractivity contribution in [1.82, 2.24) is 24.5 Å². The van der Waals surface area contributed by atoms with E-state index in [2.05, 4.69) is 23.5 Å². The van der Waals surface area contributed by atoms with E-state index in [1.165, 1.54) is 12.1 Å². The van der Waals surface area contributed by atoms with E-state index in [1.807, 2.05) is 55.2 Å². The number of carbonyl (C=O) groups is 1. The van der Waals surface area contributed by atoms with Crippen LogP contribution in [-0.2, 0) is 11.8 Å². The average Bonchev–Trinajstić information content (AvgIpc) is 3.28. The zero-order valence-electron chi connectivity index (χ0n) is 21.9. The summed E-state index contributed by atoms with van der Waals surface area (Å²) in [5.41, 5.74) is 5.03. The van der Waals surface area contributed by atoms with Gasteiger partial charge in [0, 0.05) is 54.2 Å². The van der Waals surface area contributed by atoms with Crippen LogP contribution in [0.1, 0.15) is 12.5 Å². The first-order valence-electron chi connectivity index (χ1n) is 12.9. The maximum absolute atomic E-state index is 14.6. The van der Waals surface area contributed by atoms with Crippen LogP contribution < -0.4 is 4.90 Å². The van der Waals surface area contributed by atoms with Crippen LogP contribution in [0.3, 0.4) is 0 Å². The Balaban J connectivity index is 1.26. The fraction of sp³-hybridized carbons (Fsp3) is 0.267. The molecule has 9 heteroatoms. The van der Waals surface area contributed by atoms with Gasteiger partial charge >= 0.3 is 5.97 Å². The molecule has 3 aromatic heterocycles. The third kappa shape index (κ3) is 3.42. The Kier molecular flexibility index (Phi) is 4.83. The lowest BCUT2D eigenvalue weighted by Gasteiger charge is -2.23. The van der Waals surface area contributed by atoms with Crippen LogP contribution in [0.25, 0.3) is 38.8 Å². The highest BCUT2D eigenvalue weighted by Crippen LogP contribution is 2.65. The van der Waals surface area contributed by atoms with Crippen LogP contribution in [0.5, 0.6) is 0 Å². The number of hydrogen-bond acceptors (Lipinski definition) is 5. The summed E-state index contributed by atoms with van der Waals surface area (Å²) in [7, 11) is 1.88. The number of carboxylic acids is 1. The Morgan fingerprint density at radius 3 is 2.69 bits per heavy atom. The maximum atomic E-state index is 14.6. The summed E-state index contributed by atoms with van der Waals surface area (Å²) < 4.78 is 18.2. The smallest absolute Gasteiger partial charge is 0.331 e. The fourth-order valence-corrected chi connectivity index (χ4v) is 6.70. The lowest BCUT2D eigenvalue weighted by Crippen LogP contribution is -2.28. The minimum absolute atomic E-state index is 0.0204. The van der Waals surface area contributed by atoms with Crippen molar-refractivity contribution in [3.05, 3.63) is 78.4 Å². The first-order valence-corrected chi connectivity index (χ1v) is 12.9. The van der Waals surface area contributed by atoms with Crippen molar-refractivity contribution < 1.29 is 14.3 Å². The third-order valence-electron chi connectivity index (χ3n) is 8.60. The predicted molar refractivity (Wildman–Crippen MR) is 147 cm³/mol. The molecule has 0 bridgehead atoms. The van der Waals surface area contributed by atoms with Crippen molar-refractivity contribution in [1.29, 1.82) is 0 Å². The SMILES string of the molecule is C=C(C(=O)O)[C@H]1[C@@H]2CN(c3ccc(-n4nc(-c5cccc6nn(C)cc56)c5cc(F)cc(C)c54)cn3)CC21C. The molecule has 2 fully saturated rings. The van der Waals surface area contributed by atoms with Gasteiger partial charge < -0.3 is 10.0 Å². The number of carboxylic acid groups (broad SMARTS) is 1. The van der Waals surface area contributed by atoms with Crippen molar-refractivity contribution >= 4 is 33.6 Å². The molecule has 1 saturated heterocycles. The lowest BCUT2D eigenvalue weighted by atomic mass is 10.0. The molecule has 1 unspecified atom stereocenters. The molecule has 1 N–H and O–H groups in total. The van der Waals surface area contributed by atoms with E-state index in [9.17, 15) is 14.3 Å². The molecular formula is C30H27FN6O2. The van der Waals surface area contributed by atoms with Crippen molar-refractivity contribution in [3.63, 3.8) is 0 Å². The minimum atomic E-state index is -0.912. The molecule has 7 rings (SSSR count). The van der Waals surface area contributed by atoms with Gasteiger partial charge in [-0.1, -0.05) is 25.6 Å². The molecule has 196 valence electrons. The van der Waals surface area contributed by atoms with E-state index in [0.29, 0.717) is 11.3 Å². The third-order valence-corrected chi connectivity index (χ3v) is 8.60. The monoisotopic (exact) mass is 522 g/mol. The number of aliphatic carboxylic acids is 1. The maximum Gasteiger partial charge on any atom is 0.331 e. The van der Waals surface area contributed by atoms with Gasteiger partial charge in [-0.2, -0.15) is 10.2 Å². The van der Waals surface area contributed by atoms with Gasteiger partial charge in [-0.05, 0) is 54.2 Å². The van der Waals surface area contributed by atoms with Crippen molar-refractivity contribution in [2.45, 2.75) is 13.8 Å². The Morgan fingerprint density at radius 2 is 2.00 bits per heavy atom. The van der Waals surface area contributed by atoms with Gasteiger partial charge in [0.2, 0.25) is 0 Å². The van der Waals surface area contributed by atoms with Crippen molar-refractivity contribution in [3.8, 4) is 16.9 Å². The van der Waals surface area contributed by atoms with Crippen LogP contribution >= 0.6 is 0 Å². The highest BCUT2D eigenvalue weighted by molar-refractivity contribution is 6.03. The van der Waals surface area contributed by atoms with Gasteiger partial charge in [0.05, 0.1) is 22.9 Å². The number of halogens is 1. The first-order chi connectivity index (χ1) is 18.7. The summed E-state index contributed by atoms with van der Waals surface area (Å²) in [5.74, 6) is -0.0885. The number of aromatic nitrogens is 5. The molecule has 1 aliphatic carbocycles. The van der Waals surface area contributed by atoms with Crippen LogP contribution in [0.15, 0.2) is 67.0 Å². The molecular weight excluding hydrogens is 495 g/mol. The molecule has 0 radical (unpaired) electrons. The summed E-state index contributed by atoms with van der Waals surface area (Å²) in [4.78, 5) is 18.4. The molecule has 0 spiro atoms. The van der Waals surface area contributed by atoms with Gasteiger partial charge in [0.15, 0.2) is 0 Å². The average molecular weight is 523 g/mol. The van der Waals surface area contributed by atoms with Crippen molar-refractivity contribution in [2.75, 3.05) is 18.0 Å². The number of anilines is 1.